The van der Waals surface area contributed by atoms with Crippen LogP contribution in [0.2, 0.25) is 5.82 Å². The lowest BCUT2D eigenvalue weighted by Gasteiger charge is -2.39. The third-order valence-electron chi connectivity index (χ3n) is 8.87. The molecule has 1 fully saturated rings. The van der Waals surface area contributed by atoms with Gasteiger partial charge in [-0.2, -0.15) is 0 Å². The standard InChI is InChI=1S/C38H46BNO2/c1-37(2)38(3,4)42-39(41-37)35(28-18-17-21-31-19-9-5-10-20-31)36(34-26-15-8-16-27-34)40(29-32-22-11-6-12-23-32)30-33-24-13-7-14-25-33/h5-16,19-20,22-27,35-36H,17-18,21,28-30H2,1-4H3/t35-,36-/m1/s1/i36D. The Kier molecular flexibility index (Phi) is 9.55. The number of hydrogen-bond donors (Lipinski definition) is 0. The van der Waals surface area contributed by atoms with Gasteiger partial charge >= 0.3 is 7.12 Å². The van der Waals surface area contributed by atoms with Gasteiger partial charge in [0.1, 0.15) is 0 Å². The van der Waals surface area contributed by atoms with Gasteiger partial charge in [0, 0.05) is 24.9 Å². The highest BCUT2D eigenvalue weighted by Crippen LogP contribution is 2.47. The van der Waals surface area contributed by atoms with E-state index in [0.717, 1.165) is 31.2 Å². The van der Waals surface area contributed by atoms with E-state index in [9.17, 15) is 1.37 Å². The molecular weight excluding hydrogens is 513 g/mol. The van der Waals surface area contributed by atoms with Crippen LogP contribution in [0.3, 0.4) is 0 Å². The molecule has 42 heavy (non-hydrogen) atoms. The molecule has 3 nitrogen and oxygen atoms in total. The average molecular weight is 561 g/mol. The van der Waals surface area contributed by atoms with E-state index in [1.54, 1.807) is 0 Å². The molecule has 1 heterocycles. The average Bonchev–Trinajstić information content (AvgIpc) is 3.24. The summed E-state index contributed by atoms with van der Waals surface area (Å²) in [6.07, 6.45) is 3.84. The zero-order chi connectivity index (χ0) is 30.3. The molecule has 0 spiro atoms. The van der Waals surface area contributed by atoms with Crippen molar-refractivity contribution in [1.82, 2.24) is 4.90 Å². The fourth-order valence-electron chi connectivity index (χ4n) is 5.87. The zero-order valence-electron chi connectivity index (χ0n) is 26.7. The molecule has 0 N–H and O–H groups in total. The number of hydrogen-bond acceptors (Lipinski definition) is 3. The SMILES string of the molecule is [2H][C@@](c1ccccc1)([C@@H](CCCCc1ccccc1)B1OC(C)(C)C(C)(C)O1)N(Cc1ccccc1)Cc1ccccc1. The molecule has 1 saturated heterocycles. The summed E-state index contributed by atoms with van der Waals surface area (Å²) in [5, 5.41) is 0. The van der Waals surface area contributed by atoms with Crippen molar-refractivity contribution in [2.24, 2.45) is 0 Å². The van der Waals surface area contributed by atoms with Crippen molar-refractivity contribution in [1.29, 1.82) is 0 Å². The van der Waals surface area contributed by atoms with Crippen LogP contribution in [0.1, 0.15) is 76.6 Å². The van der Waals surface area contributed by atoms with Crippen molar-refractivity contribution in [3.63, 3.8) is 0 Å². The van der Waals surface area contributed by atoms with Gasteiger partial charge in [-0.05, 0) is 62.8 Å². The van der Waals surface area contributed by atoms with Gasteiger partial charge in [0.25, 0.3) is 0 Å². The Morgan fingerprint density at radius 2 is 1.05 bits per heavy atom. The molecule has 0 unspecified atom stereocenters. The maximum atomic E-state index is 10.7. The molecule has 0 radical (unpaired) electrons. The van der Waals surface area contributed by atoms with Crippen molar-refractivity contribution in [3.8, 4) is 0 Å². The van der Waals surface area contributed by atoms with Crippen molar-refractivity contribution < 1.29 is 10.7 Å². The number of rotatable bonds is 13. The Morgan fingerprint density at radius 3 is 1.52 bits per heavy atom. The monoisotopic (exact) mass is 560 g/mol. The summed E-state index contributed by atoms with van der Waals surface area (Å²) in [6, 6.07) is 41.0. The van der Waals surface area contributed by atoms with Crippen molar-refractivity contribution >= 4 is 7.12 Å². The van der Waals surface area contributed by atoms with Gasteiger partial charge in [0.15, 0.2) is 0 Å². The van der Waals surface area contributed by atoms with E-state index in [1.165, 1.54) is 16.7 Å². The van der Waals surface area contributed by atoms with E-state index in [-0.39, 0.29) is 5.82 Å². The molecule has 4 aromatic rings. The van der Waals surface area contributed by atoms with Crippen LogP contribution in [0.5, 0.6) is 0 Å². The molecule has 218 valence electrons. The first-order chi connectivity index (χ1) is 20.7. The number of benzene rings is 4. The first-order valence-corrected chi connectivity index (χ1v) is 15.5. The Bertz CT molecular complexity index is 1340. The predicted molar refractivity (Wildman–Crippen MR) is 175 cm³/mol. The van der Waals surface area contributed by atoms with Gasteiger partial charge in [-0.3, -0.25) is 4.90 Å². The Morgan fingerprint density at radius 1 is 0.619 bits per heavy atom. The fraction of sp³-hybridized carbons (Fsp3) is 0.368. The zero-order valence-corrected chi connectivity index (χ0v) is 25.7. The highest BCUT2D eigenvalue weighted by atomic mass is 16.7. The molecule has 5 rings (SSSR count). The second-order valence-electron chi connectivity index (χ2n) is 12.5. The minimum Gasteiger partial charge on any atom is -0.403 e. The van der Waals surface area contributed by atoms with Crippen LogP contribution in [0.4, 0.5) is 0 Å². The molecule has 1 aliphatic rings. The maximum absolute atomic E-state index is 10.7. The molecule has 1 aliphatic heterocycles. The summed E-state index contributed by atoms with van der Waals surface area (Å²) in [5.74, 6) is -0.237. The third kappa shape index (κ3) is 7.61. The lowest BCUT2D eigenvalue weighted by Crippen LogP contribution is -2.41. The molecule has 0 aromatic heterocycles. The summed E-state index contributed by atoms with van der Waals surface area (Å²) in [6.45, 7) is 9.71. The summed E-state index contributed by atoms with van der Waals surface area (Å²) in [7, 11) is -0.520. The quantitative estimate of drug-likeness (QED) is 0.120. The first kappa shape index (κ1) is 28.9. The molecule has 0 saturated carbocycles. The van der Waals surface area contributed by atoms with Gasteiger partial charge in [0.05, 0.1) is 12.6 Å². The highest BCUT2D eigenvalue weighted by molar-refractivity contribution is 6.47. The molecular formula is C38H46BNO2. The second-order valence-corrected chi connectivity index (χ2v) is 12.5. The molecule has 0 bridgehead atoms. The van der Waals surface area contributed by atoms with Crippen LogP contribution >= 0.6 is 0 Å². The van der Waals surface area contributed by atoms with E-state index >= 15 is 0 Å². The molecule has 0 amide bonds. The van der Waals surface area contributed by atoms with Gasteiger partial charge in [-0.25, -0.2) is 0 Å². The minimum absolute atomic E-state index is 0.237. The van der Waals surface area contributed by atoms with Crippen molar-refractivity contribution in [2.45, 2.75) is 89.5 Å². The topological polar surface area (TPSA) is 21.7 Å². The number of nitrogens with zero attached hydrogens (tertiary/aromatic N) is 1. The smallest absolute Gasteiger partial charge is 0.403 e. The first-order valence-electron chi connectivity index (χ1n) is 16.0. The molecule has 2 atom stereocenters. The van der Waals surface area contributed by atoms with E-state index < -0.39 is 24.3 Å². The largest absolute Gasteiger partial charge is 0.463 e. The Balaban J connectivity index is 1.56. The van der Waals surface area contributed by atoms with Crippen molar-refractivity contribution in [2.75, 3.05) is 0 Å². The molecule has 4 aromatic carbocycles. The van der Waals surface area contributed by atoms with E-state index in [2.05, 4.69) is 148 Å². The van der Waals surface area contributed by atoms with E-state index in [4.69, 9.17) is 9.31 Å². The number of aryl methyl sites for hydroxylation is 1. The van der Waals surface area contributed by atoms with E-state index in [1.807, 2.05) is 6.07 Å². The predicted octanol–water partition coefficient (Wildman–Crippen LogP) is 9.31. The maximum Gasteiger partial charge on any atom is 0.463 e. The van der Waals surface area contributed by atoms with Gasteiger partial charge in [0.2, 0.25) is 0 Å². The van der Waals surface area contributed by atoms with Gasteiger partial charge in [-0.15, -0.1) is 0 Å². The highest BCUT2D eigenvalue weighted by Gasteiger charge is 2.55. The number of unbranched alkanes of at least 4 members (excludes halogenated alkanes) is 1. The minimum atomic E-state index is -1.12. The van der Waals surface area contributed by atoms with Crippen molar-refractivity contribution in [3.05, 3.63) is 144 Å². The lowest BCUT2D eigenvalue weighted by molar-refractivity contribution is 0.00578. The third-order valence-corrected chi connectivity index (χ3v) is 8.87. The molecule has 4 heteroatoms. The normalized spacial score (nSPS) is 18.4. The van der Waals surface area contributed by atoms with Crippen LogP contribution in [0, 0.1) is 0 Å². The lowest BCUT2D eigenvalue weighted by atomic mass is 9.63. The van der Waals surface area contributed by atoms with Gasteiger partial charge in [-0.1, -0.05) is 134 Å². The van der Waals surface area contributed by atoms with E-state index in [0.29, 0.717) is 13.1 Å². The summed E-state index contributed by atoms with van der Waals surface area (Å²) < 4.78 is 24.2. The summed E-state index contributed by atoms with van der Waals surface area (Å²) in [5.41, 5.74) is 3.71. The van der Waals surface area contributed by atoms with Crippen LogP contribution in [0.25, 0.3) is 0 Å². The fourth-order valence-corrected chi connectivity index (χ4v) is 5.87. The van der Waals surface area contributed by atoms with Gasteiger partial charge < -0.3 is 9.31 Å². The summed E-state index contributed by atoms with van der Waals surface area (Å²) >= 11 is 0. The Hall–Kier alpha value is -3.18. The van der Waals surface area contributed by atoms with Crippen LogP contribution < -0.4 is 0 Å². The van der Waals surface area contributed by atoms with Crippen LogP contribution in [0.15, 0.2) is 121 Å². The van der Waals surface area contributed by atoms with Crippen LogP contribution in [-0.2, 0) is 28.8 Å². The second kappa shape index (κ2) is 13.9. The molecule has 0 aliphatic carbocycles. The Labute approximate surface area is 255 Å². The van der Waals surface area contributed by atoms with Crippen LogP contribution in [-0.4, -0.2) is 23.2 Å². The summed E-state index contributed by atoms with van der Waals surface area (Å²) in [4.78, 5) is 2.33.